The van der Waals surface area contributed by atoms with E-state index in [1.807, 2.05) is 54.6 Å². The maximum atomic E-state index is 5.62. The van der Waals surface area contributed by atoms with Gasteiger partial charge in [-0.05, 0) is 46.8 Å². The average Bonchev–Trinajstić information content (AvgIpc) is 2.59. The van der Waals surface area contributed by atoms with E-state index < -0.39 is 0 Å². The van der Waals surface area contributed by atoms with Crippen LogP contribution in [-0.4, -0.2) is 13.7 Å². The van der Waals surface area contributed by atoms with Crippen LogP contribution in [0.15, 0.2) is 59.5 Å². The molecule has 0 aliphatic carbocycles. The fourth-order valence-corrected chi connectivity index (χ4v) is 2.34. The first-order chi connectivity index (χ1) is 10.8. The van der Waals surface area contributed by atoms with Crippen molar-refractivity contribution in [2.45, 2.75) is 11.0 Å². The van der Waals surface area contributed by atoms with Crippen molar-refractivity contribution in [2.75, 3.05) is 13.7 Å². The van der Waals surface area contributed by atoms with Gasteiger partial charge in [0.05, 0.1) is 7.11 Å². The van der Waals surface area contributed by atoms with E-state index in [4.69, 9.17) is 15.9 Å². The van der Waals surface area contributed by atoms with Gasteiger partial charge in [-0.2, -0.15) is 0 Å². The second-order valence-corrected chi connectivity index (χ2v) is 5.21. The first-order valence-corrected chi connectivity index (χ1v) is 7.56. The topological polar surface area (TPSA) is 18.5 Å². The van der Waals surface area contributed by atoms with Crippen LogP contribution >= 0.6 is 11.8 Å². The maximum Gasteiger partial charge on any atom is 0.145 e. The van der Waals surface area contributed by atoms with Crippen LogP contribution in [0.3, 0.4) is 0 Å². The molecule has 2 rings (SSSR count). The summed E-state index contributed by atoms with van der Waals surface area (Å²) in [5, 5.41) is 3.08. The predicted octanol–water partition coefficient (Wildman–Crippen LogP) is 4.14. The van der Waals surface area contributed by atoms with E-state index in [-0.39, 0.29) is 12.7 Å². The molecule has 0 aromatic heterocycles. The van der Waals surface area contributed by atoms with Gasteiger partial charge < -0.3 is 9.47 Å². The van der Waals surface area contributed by atoms with Crippen LogP contribution in [0.1, 0.15) is 11.7 Å². The Morgan fingerprint density at radius 3 is 2.45 bits per heavy atom. The molecular formula is C19H16O2S. The summed E-state index contributed by atoms with van der Waals surface area (Å²) in [6, 6.07) is 17.6. The van der Waals surface area contributed by atoms with Crippen molar-refractivity contribution in [1.82, 2.24) is 0 Å². The van der Waals surface area contributed by atoms with Crippen molar-refractivity contribution in [3.8, 4) is 29.3 Å². The molecule has 0 aliphatic heterocycles. The monoisotopic (exact) mass is 308 g/mol. The number of terminal acetylenes is 1. The summed E-state index contributed by atoms with van der Waals surface area (Å²) in [4.78, 5) is 1.10. The minimum atomic E-state index is -0.349. The Balaban J connectivity index is 2.10. The number of rotatable bonds is 5. The SMILES string of the molecule is C#CCOC(C#CSc1ccccc1)c1ccc(OC)cc1. The highest BCUT2D eigenvalue weighted by Gasteiger charge is 2.08. The Morgan fingerprint density at radius 2 is 1.82 bits per heavy atom. The van der Waals surface area contributed by atoms with Gasteiger partial charge in [-0.1, -0.05) is 42.2 Å². The van der Waals surface area contributed by atoms with Gasteiger partial charge in [-0.25, -0.2) is 0 Å². The van der Waals surface area contributed by atoms with Crippen LogP contribution in [-0.2, 0) is 4.74 Å². The average molecular weight is 308 g/mol. The molecule has 1 unspecified atom stereocenters. The quantitative estimate of drug-likeness (QED) is 0.611. The molecule has 0 bridgehead atoms. The number of methoxy groups -OCH3 is 1. The van der Waals surface area contributed by atoms with Crippen LogP contribution < -0.4 is 4.74 Å². The third-order valence-electron chi connectivity index (χ3n) is 2.85. The molecular weight excluding hydrogens is 292 g/mol. The Morgan fingerprint density at radius 1 is 1.09 bits per heavy atom. The standard InChI is InChI=1S/C19H16O2S/c1-3-14-21-19(16-9-11-17(20-2)12-10-16)13-15-22-18-7-5-4-6-8-18/h1,4-12,19H,14H2,2H3. The summed E-state index contributed by atoms with van der Waals surface area (Å²) in [6.45, 7) is 0.224. The van der Waals surface area contributed by atoms with Gasteiger partial charge in [0.2, 0.25) is 0 Å². The van der Waals surface area contributed by atoms with Gasteiger partial charge in [-0.3, -0.25) is 0 Å². The second kappa shape index (κ2) is 8.85. The molecule has 0 aliphatic rings. The largest absolute Gasteiger partial charge is 0.497 e. The number of ether oxygens (including phenoxy) is 2. The van der Waals surface area contributed by atoms with E-state index in [1.165, 1.54) is 11.8 Å². The molecule has 1 atom stereocenters. The van der Waals surface area contributed by atoms with Gasteiger partial charge in [0.15, 0.2) is 0 Å². The normalized spacial score (nSPS) is 10.9. The highest BCUT2D eigenvalue weighted by Crippen LogP contribution is 2.21. The van der Waals surface area contributed by atoms with Gasteiger partial charge in [0, 0.05) is 4.90 Å². The van der Waals surface area contributed by atoms with Crippen molar-refractivity contribution in [3.63, 3.8) is 0 Å². The third-order valence-corrected chi connectivity index (χ3v) is 3.58. The molecule has 22 heavy (non-hydrogen) atoms. The zero-order valence-electron chi connectivity index (χ0n) is 12.3. The van der Waals surface area contributed by atoms with Gasteiger partial charge in [0.25, 0.3) is 0 Å². The first kappa shape index (κ1) is 16.0. The highest BCUT2D eigenvalue weighted by atomic mass is 32.2. The molecule has 2 aromatic rings. The predicted molar refractivity (Wildman–Crippen MR) is 90.6 cm³/mol. The summed E-state index contributed by atoms with van der Waals surface area (Å²) < 4.78 is 10.8. The lowest BCUT2D eigenvalue weighted by Gasteiger charge is -2.11. The molecule has 0 heterocycles. The molecule has 0 radical (unpaired) electrons. The lowest BCUT2D eigenvalue weighted by Crippen LogP contribution is -2.02. The molecule has 2 aromatic carbocycles. The van der Waals surface area contributed by atoms with E-state index in [2.05, 4.69) is 17.1 Å². The lowest BCUT2D eigenvalue weighted by atomic mass is 10.1. The molecule has 0 spiro atoms. The van der Waals surface area contributed by atoms with Crippen molar-refractivity contribution in [2.24, 2.45) is 0 Å². The van der Waals surface area contributed by atoms with E-state index in [0.29, 0.717) is 0 Å². The fourth-order valence-electron chi connectivity index (χ4n) is 1.76. The minimum absolute atomic E-state index is 0.224. The number of hydrogen-bond acceptors (Lipinski definition) is 3. The molecule has 0 saturated carbocycles. The van der Waals surface area contributed by atoms with Crippen molar-refractivity contribution in [1.29, 1.82) is 0 Å². The molecule has 0 amide bonds. The molecule has 0 fully saturated rings. The molecule has 0 saturated heterocycles. The number of thioether (sulfide) groups is 1. The maximum absolute atomic E-state index is 5.62. The smallest absolute Gasteiger partial charge is 0.145 e. The van der Waals surface area contributed by atoms with Crippen LogP contribution in [0, 0.1) is 23.5 Å². The van der Waals surface area contributed by atoms with E-state index in [1.54, 1.807) is 7.11 Å². The summed E-state index contributed by atoms with van der Waals surface area (Å²) in [5.41, 5.74) is 0.956. The van der Waals surface area contributed by atoms with Crippen molar-refractivity contribution < 1.29 is 9.47 Å². The van der Waals surface area contributed by atoms with Gasteiger partial charge >= 0.3 is 0 Å². The zero-order valence-corrected chi connectivity index (χ0v) is 13.1. The second-order valence-electron chi connectivity index (χ2n) is 4.33. The van der Waals surface area contributed by atoms with Crippen LogP contribution in [0.4, 0.5) is 0 Å². The van der Waals surface area contributed by atoms with Gasteiger partial charge in [-0.15, -0.1) is 6.42 Å². The lowest BCUT2D eigenvalue weighted by molar-refractivity contribution is 0.121. The van der Waals surface area contributed by atoms with Crippen LogP contribution in [0.25, 0.3) is 0 Å². The van der Waals surface area contributed by atoms with E-state index in [9.17, 15) is 0 Å². The van der Waals surface area contributed by atoms with Crippen LogP contribution in [0.2, 0.25) is 0 Å². The zero-order chi connectivity index (χ0) is 15.6. The molecule has 110 valence electrons. The molecule has 2 nitrogen and oxygen atoms in total. The summed E-state index contributed by atoms with van der Waals surface area (Å²) in [5.74, 6) is 6.39. The Kier molecular flexibility index (Phi) is 6.45. The van der Waals surface area contributed by atoms with Crippen LogP contribution in [0.5, 0.6) is 5.75 Å². The molecule has 0 N–H and O–H groups in total. The summed E-state index contributed by atoms with van der Waals surface area (Å²) in [6.07, 6.45) is 4.92. The number of hydrogen-bond donors (Lipinski definition) is 0. The molecule has 3 heteroatoms. The van der Waals surface area contributed by atoms with E-state index in [0.717, 1.165) is 16.2 Å². The fraction of sp³-hybridized carbons (Fsp3) is 0.158. The summed E-state index contributed by atoms with van der Waals surface area (Å²) in [7, 11) is 1.64. The first-order valence-electron chi connectivity index (χ1n) is 6.75. The van der Waals surface area contributed by atoms with Crippen molar-refractivity contribution >= 4 is 11.8 Å². The number of benzene rings is 2. The minimum Gasteiger partial charge on any atom is -0.497 e. The highest BCUT2D eigenvalue weighted by molar-refractivity contribution is 8.03. The Labute approximate surface area is 135 Å². The summed E-state index contributed by atoms with van der Waals surface area (Å²) >= 11 is 1.47. The Hall–Kier alpha value is -2.33. The van der Waals surface area contributed by atoms with Crippen molar-refractivity contribution in [3.05, 3.63) is 60.2 Å². The van der Waals surface area contributed by atoms with Gasteiger partial charge in [0.1, 0.15) is 18.5 Å². The van der Waals surface area contributed by atoms with E-state index >= 15 is 0 Å². The third kappa shape index (κ3) is 4.90. The Bertz CT molecular complexity index is 675.